The zero-order chi connectivity index (χ0) is 20.8. The summed E-state index contributed by atoms with van der Waals surface area (Å²) in [5, 5.41) is 25.2. The molecule has 1 amide bonds. The molecule has 150 valence electrons. The van der Waals surface area contributed by atoms with Gasteiger partial charge >= 0.3 is 0 Å². The van der Waals surface area contributed by atoms with Crippen molar-refractivity contribution < 1.29 is 19.4 Å². The zero-order valence-electron chi connectivity index (χ0n) is 15.7. The number of tetrazole rings is 1. The van der Waals surface area contributed by atoms with Gasteiger partial charge in [-0.1, -0.05) is 23.9 Å². The van der Waals surface area contributed by atoms with Crippen molar-refractivity contribution in [2.45, 2.75) is 24.3 Å². The van der Waals surface area contributed by atoms with Gasteiger partial charge in [0.25, 0.3) is 0 Å². The normalized spacial score (nSPS) is 11.7. The highest BCUT2D eigenvalue weighted by molar-refractivity contribution is 8.00. The fourth-order valence-corrected chi connectivity index (χ4v) is 3.22. The van der Waals surface area contributed by atoms with Gasteiger partial charge in [-0.2, -0.15) is 4.68 Å². The number of anilines is 1. The molecule has 1 aromatic heterocycles. The number of thioether (sulfide) groups is 1. The maximum absolute atomic E-state index is 12.5. The van der Waals surface area contributed by atoms with Crippen molar-refractivity contribution in [1.29, 1.82) is 0 Å². The van der Waals surface area contributed by atoms with Crippen LogP contribution in [0.15, 0.2) is 53.7 Å². The van der Waals surface area contributed by atoms with Gasteiger partial charge < -0.3 is 20.0 Å². The van der Waals surface area contributed by atoms with Crippen LogP contribution in [0, 0.1) is 0 Å². The predicted octanol–water partition coefficient (Wildman–Crippen LogP) is 1.54. The molecule has 3 rings (SSSR count). The Labute approximate surface area is 171 Å². The summed E-state index contributed by atoms with van der Waals surface area (Å²) in [4.78, 5) is 23.3. The Morgan fingerprint density at radius 3 is 2.48 bits per heavy atom. The lowest BCUT2D eigenvalue weighted by Crippen LogP contribution is -2.24. The fraction of sp³-hybridized carbons (Fsp3) is 0.211. The number of amides is 1. The lowest BCUT2D eigenvalue weighted by atomic mass is 10.2. The SMILES string of the molecule is CCOc1ccc(-n2nnnc2S[C@@H](C)C(=O)Nc2ccc(C(=O)[O-])cc2)cc1. The van der Waals surface area contributed by atoms with Gasteiger partial charge in [0.05, 0.1) is 23.5 Å². The quantitative estimate of drug-likeness (QED) is 0.553. The summed E-state index contributed by atoms with van der Waals surface area (Å²) in [5.41, 5.74) is 1.27. The Morgan fingerprint density at radius 1 is 1.17 bits per heavy atom. The molecule has 0 fully saturated rings. The molecule has 9 nitrogen and oxygen atoms in total. The minimum absolute atomic E-state index is 0.0416. The number of carboxylic acids is 1. The van der Waals surface area contributed by atoms with Gasteiger partial charge in [-0.3, -0.25) is 4.79 Å². The lowest BCUT2D eigenvalue weighted by molar-refractivity contribution is -0.255. The number of carbonyl (C=O) groups excluding carboxylic acids is 2. The molecule has 0 spiro atoms. The number of nitrogens with one attached hydrogen (secondary N) is 1. The molecule has 0 bridgehead atoms. The first-order valence-electron chi connectivity index (χ1n) is 8.78. The second-order valence-electron chi connectivity index (χ2n) is 5.91. The number of nitrogens with zero attached hydrogens (tertiary/aromatic N) is 4. The molecular weight excluding hydrogens is 394 g/mol. The van der Waals surface area contributed by atoms with Crippen LogP contribution < -0.4 is 15.2 Å². The summed E-state index contributed by atoms with van der Waals surface area (Å²) in [6.07, 6.45) is 0. The Bertz CT molecular complexity index is 989. The van der Waals surface area contributed by atoms with E-state index in [1.165, 1.54) is 36.0 Å². The van der Waals surface area contributed by atoms with E-state index in [1.54, 1.807) is 11.6 Å². The van der Waals surface area contributed by atoms with E-state index in [-0.39, 0.29) is 11.5 Å². The second kappa shape index (κ2) is 9.20. The van der Waals surface area contributed by atoms with Crippen LogP contribution >= 0.6 is 11.8 Å². The van der Waals surface area contributed by atoms with Crippen LogP contribution in [-0.2, 0) is 4.79 Å². The van der Waals surface area contributed by atoms with Gasteiger partial charge in [-0.15, -0.1) is 5.10 Å². The van der Waals surface area contributed by atoms with Crippen molar-refractivity contribution >= 4 is 29.3 Å². The van der Waals surface area contributed by atoms with E-state index in [1.807, 2.05) is 31.2 Å². The molecule has 1 atom stereocenters. The largest absolute Gasteiger partial charge is 0.545 e. The van der Waals surface area contributed by atoms with Gasteiger partial charge in [0.15, 0.2) is 0 Å². The van der Waals surface area contributed by atoms with Crippen LogP contribution in [0.1, 0.15) is 24.2 Å². The van der Waals surface area contributed by atoms with Crippen LogP contribution in [0.2, 0.25) is 0 Å². The first kappa shape index (κ1) is 20.3. The minimum Gasteiger partial charge on any atom is -0.545 e. The van der Waals surface area contributed by atoms with Crippen molar-refractivity contribution in [3.8, 4) is 11.4 Å². The molecule has 1 heterocycles. The Balaban J connectivity index is 1.66. The monoisotopic (exact) mass is 412 g/mol. The summed E-state index contributed by atoms with van der Waals surface area (Å²) in [7, 11) is 0. The molecule has 0 saturated carbocycles. The maximum atomic E-state index is 12.5. The molecule has 3 aromatic rings. The summed E-state index contributed by atoms with van der Waals surface area (Å²) in [6, 6.07) is 13.0. The molecule has 10 heteroatoms. The smallest absolute Gasteiger partial charge is 0.237 e. The highest BCUT2D eigenvalue weighted by Crippen LogP contribution is 2.25. The fourth-order valence-electron chi connectivity index (χ4n) is 2.41. The maximum Gasteiger partial charge on any atom is 0.237 e. The zero-order valence-corrected chi connectivity index (χ0v) is 16.5. The van der Waals surface area contributed by atoms with Gasteiger partial charge in [-0.25, -0.2) is 0 Å². The van der Waals surface area contributed by atoms with Crippen LogP contribution in [0.5, 0.6) is 5.75 Å². The van der Waals surface area contributed by atoms with Gasteiger partial charge in [0.1, 0.15) is 5.75 Å². The van der Waals surface area contributed by atoms with Crippen molar-refractivity contribution in [1.82, 2.24) is 20.2 Å². The standard InChI is InChI=1S/C19H19N5O4S/c1-3-28-16-10-8-15(9-11-16)24-19(21-22-23-24)29-12(2)17(25)20-14-6-4-13(5-7-14)18(26)27/h4-12H,3H2,1-2H3,(H,20,25)(H,26,27)/p-1/t12-/m0/s1. The average molecular weight is 412 g/mol. The van der Waals surface area contributed by atoms with E-state index in [4.69, 9.17) is 4.74 Å². The summed E-state index contributed by atoms with van der Waals surface area (Å²) < 4.78 is 6.97. The lowest BCUT2D eigenvalue weighted by Gasteiger charge is -2.12. The summed E-state index contributed by atoms with van der Waals surface area (Å²) in [5.74, 6) is -0.790. The number of aromatic carboxylic acids is 1. The van der Waals surface area contributed by atoms with E-state index in [0.29, 0.717) is 17.5 Å². The number of carbonyl (C=O) groups is 2. The van der Waals surface area contributed by atoms with E-state index in [2.05, 4.69) is 20.8 Å². The molecule has 0 aliphatic rings. The number of aromatic nitrogens is 4. The van der Waals surface area contributed by atoms with E-state index < -0.39 is 11.2 Å². The van der Waals surface area contributed by atoms with Crippen molar-refractivity contribution in [3.63, 3.8) is 0 Å². The van der Waals surface area contributed by atoms with Gasteiger partial charge in [-0.05, 0) is 66.2 Å². The highest BCUT2D eigenvalue weighted by atomic mass is 32.2. The van der Waals surface area contributed by atoms with Crippen LogP contribution in [0.25, 0.3) is 5.69 Å². The average Bonchev–Trinajstić information content (AvgIpc) is 3.17. The van der Waals surface area contributed by atoms with Crippen LogP contribution in [-0.4, -0.2) is 43.9 Å². The Kier molecular flexibility index (Phi) is 6.45. The third kappa shape index (κ3) is 5.11. The van der Waals surface area contributed by atoms with Gasteiger partial charge in [0, 0.05) is 5.69 Å². The molecule has 2 aromatic carbocycles. The Morgan fingerprint density at radius 2 is 1.86 bits per heavy atom. The number of benzene rings is 2. The van der Waals surface area contributed by atoms with Crippen LogP contribution in [0.4, 0.5) is 5.69 Å². The molecule has 0 unspecified atom stereocenters. The molecule has 0 aliphatic heterocycles. The first-order valence-corrected chi connectivity index (χ1v) is 9.66. The number of hydrogen-bond acceptors (Lipinski definition) is 8. The second-order valence-corrected chi connectivity index (χ2v) is 7.22. The third-order valence-electron chi connectivity index (χ3n) is 3.87. The first-order chi connectivity index (χ1) is 14.0. The molecular formula is C19H18N5O4S-. The summed E-state index contributed by atoms with van der Waals surface area (Å²) in [6.45, 7) is 4.22. The minimum atomic E-state index is -1.27. The molecule has 29 heavy (non-hydrogen) atoms. The number of rotatable bonds is 8. The molecule has 1 N–H and O–H groups in total. The topological polar surface area (TPSA) is 122 Å². The number of ether oxygens (including phenoxy) is 1. The summed E-state index contributed by atoms with van der Waals surface area (Å²) >= 11 is 1.20. The number of hydrogen-bond donors (Lipinski definition) is 1. The third-order valence-corrected chi connectivity index (χ3v) is 4.91. The van der Waals surface area contributed by atoms with Crippen molar-refractivity contribution in [2.75, 3.05) is 11.9 Å². The predicted molar refractivity (Wildman–Crippen MR) is 105 cm³/mol. The van der Waals surface area contributed by atoms with E-state index in [9.17, 15) is 14.7 Å². The van der Waals surface area contributed by atoms with E-state index >= 15 is 0 Å². The Hall–Kier alpha value is -3.40. The van der Waals surface area contributed by atoms with Gasteiger partial charge in [0.2, 0.25) is 11.1 Å². The highest BCUT2D eigenvalue weighted by Gasteiger charge is 2.19. The molecule has 0 saturated heterocycles. The van der Waals surface area contributed by atoms with Crippen molar-refractivity contribution in [2.24, 2.45) is 0 Å². The van der Waals surface area contributed by atoms with E-state index in [0.717, 1.165) is 11.4 Å². The van der Waals surface area contributed by atoms with Crippen molar-refractivity contribution in [3.05, 3.63) is 54.1 Å². The molecule has 0 radical (unpaired) electrons. The number of carboxylic acid groups (broad SMARTS) is 1. The van der Waals surface area contributed by atoms with Crippen LogP contribution in [0.3, 0.4) is 0 Å². The molecule has 0 aliphatic carbocycles.